The fraction of sp³-hybridized carbons (Fsp3) is 0.188. The summed E-state index contributed by atoms with van der Waals surface area (Å²) in [7, 11) is 5.29. The van der Waals surface area contributed by atoms with Crippen molar-refractivity contribution >= 4 is 16.7 Å². The Balaban J connectivity index is 2.32. The fourth-order valence-corrected chi connectivity index (χ4v) is 2.59. The minimum atomic E-state index is 0.506. The summed E-state index contributed by atoms with van der Waals surface area (Å²) in [6.07, 6.45) is 1.77. The Morgan fingerprint density at radius 2 is 1.76 bits per heavy atom. The zero-order valence-corrected chi connectivity index (χ0v) is 12.3. The van der Waals surface area contributed by atoms with Crippen LogP contribution in [0.4, 0.5) is 5.82 Å². The van der Waals surface area contributed by atoms with E-state index in [1.54, 1.807) is 20.4 Å². The van der Waals surface area contributed by atoms with E-state index in [2.05, 4.69) is 15.6 Å². The minimum Gasteiger partial charge on any atom is -0.496 e. The highest BCUT2D eigenvalue weighted by Crippen LogP contribution is 2.40. The molecule has 0 spiro atoms. The van der Waals surface area contributed by atoms with Gasteiger partial charge in [0.25, 0.3) is 0 Å². The first kappa shape index (κ1) is 13.3. The van der Waals surface area contributed by atoms with Crippen LogP contribution in [0.15, 0.2) is 36.5 Å². The van der Waals surface area contributed by atoms with Gasteiger partial charge in [0.15, 0.2) is 0 Å². The zero-order valence-electron chi connectivity index (χ0n) is 12.3. The van der Waals surface area contributed by atoms with Crippen molar-refractivity contribution in [2.45, 2.75) is 0 Å². The third-order valence-electron chi connectivity index (χ3n) is 3.63. The van der Waals surface area contributed by atoms with E-state index in [4.69, 9.17) is 15.2 Å². The van der Waals surface area contributed by atoms with Gasteiger partial charge in [0.05, 0.1) is 37.2 Å². The Kier molecular flexibility index (Phi) is 3.17. The van der Waals surface area contributed by atoms with Gasteiger partial charge < -0.3 is 19.8 Å². The second-order valence-electron chi connectivity index (χ2n) is 4.79. The summed E-state index contributed by atoms with van der Waals surface area (Å²) in [5, 5.41) is 1.04. The maximum absolute atomic E-state index is 5.76. The molecule has 0 atom stereocenters. The van der Waals surface area contributed by atoms with Crippen molar-refractivity contribution in [3.63, 3.8) is 0 Å². The number of pyridine rings is 1. The normalized spacial score (nSPS) is 10.8. The first-order valence-electron chi connectivity index (χ1n) is 6.58. The van der Waals surface area contributed by atoms with Crippen LogP contribution in [-0.4, -0.2) is 23.8 Å². The minimum absolute atomic E-state index is 0.506. The Morgan fingerprint density at radius 1 is 1.10 bits per heavy atom. The largest absolute Gasteiger partial charge is 0.496 e. The van der Waals surface area contributed by atoms with Gasteiger partial charge in [0.1, 0.15) is 17.3 Å². The molecular formula is C16H17N3O2. The van der Waals surface area contributed by atoms with Crippen molar-refractivity contribution in [3.8, 4) is 22.8 Å². The lowest BCUT2D eigenvalue weighted by Crippen LogP contribution is -1.97. The fourth-order valence-electron chi connectivity index (χ4n) is 2.59. The van der Waals surface area contributed by atoms with Gasteiger partial charge in [-0.15, -0.1) is 0 Å². The number of rotatable bonds is 3. The summed E-state index contributed by atoms with van der Waals surface area (Å²) in [5.41, 5.74) is 8.68. The molecule has 0 saturated heterocycles. The molecule has 0 aliphatic carbocycles. The van der Waals surface area contributed by atoms with Gasteiger partial charge in [-0.1, -0.05) is 6.07 Å². The molecule has 108 valence electrons. The molecule has 0 fully saturated rings. The Morgan fingerprint density at radius 3 is 2.38 bits per heavy atom. The lowest BCUT2D eigenvalue weighted by Gasteiger charge is -2.13. The molecule has 1 aromatic carbocycles. The molecule has 2 N–H and O–H groups in total. The van der Waals surface area contributed by atoms with Gasteiger partial charge in [-0.05, 0) is 24.3 Å². The highest BCUT2D eigenvalue weighted by molar-refractivity contribution is 5.90. The van der Waals surface area contributed by atoms with Crippen molar-refractivity contribution in [1.82, 2.24) is 9.55 Å². The molecule has 0 unspecified atom stereocenters. The maximum Gasteiger partial charge on any atom is 0.131 e. The van der Waals surface area contributed by atoms with E-state index in [9.17, 15) is 0 Å². The predicted octanol–water partition coefficient (Wildman–Crippen LogP) is 2.84. The van der Waals surface area contributed by atoms with Crippen LogP contribution in [0, 0.1) is 0 Å². The van der Waals surface area contributed by atoms with Crippen molar-refractivity contribution in [2.24, 2.45) is 7.05 Å². The van der Waals surface area contributed by atoms with Crippen molar-refractivity contribution in [1.29, 1.82) is 0 Å². The number of aryl methyl sites for hydroxylation is 1. The van der Waals surface area contributed by atoms with E-state index in [1.807, 2.05) is 31.3 Å². The lowest BCUT2D eigenvalue weighted by molar-refractivity contribution is 0.397. The lowest BCUT2D eigenvalue weighted by atomic mass is 10.1. The first-order chi connectivity index (χ1) is 10.2. The van der Waals surface area contributed by atoms with Crippen molar-refractivity contribution in [3.05, 3.63) is 36.5 Å². The quantitative estimate of drug-likeness (QED) is 0.803. The topological polar surface area (TPSA) is 62.3 Å². The number of fused-ring (bicyclic) bond motifs is 1. The molecular weight excluding hydrogens is 266 g/mol. The van der Waals surface area contributed by atoms with E-state index in [-0.39, 0.29) is 0 Å². The van der Waals surface area contributed by atoms with E-state index >= 15 is 0 Å². The average molecular weight is 283 g/mol. The van der Waals surface area contributed by atoms with Crippen LogP contribution < -0.4 is 15.2 Å². The second-order valence-corrected chi connectivity index (χ2v) is 4.79. The summed E-state index contributed by atoms with van der Waals surface area (Å²) in [6, 6.07) is 9.67. The number of nitrogens with two attached hydrogens (primary N) is 1. The van der Waals surface area contributed by atoms with Gasteiger partial charge in [-0.2, -0.15) is 0 Å². The highest BCUT2D eigenvalue weighted by atomic mass is 16.5. The molecule has 0 aliphatic rings. The summed E-state index contributed by atoms with van der Waals surface area (Å²) in [6.45, 7) is 0. The van der Waals surface area contributed by atoms with Crippen LogP contribution >= 0.6 is 0 Å². The molecule has 0 saturated carbocycles. The van der Waals surface area contributed by atoms with Crippen LogP contribution in [0.2, 0.25) is 0 Å². The number of anilines is 1. The molecule has 0 amide bonds. The Hall–Kier alpha value is -2.69. The molecule has 2 heterocycles. The monoisotopic (exact) mass is 283 g/mol. The van der Waals surface area contributed by atoms with Gasteiger partial charge >= 0.3 is 0 Å². The number of benzene rings is 1. The summed E-state index contributed by atoms with van der Waals surface area (Å²) in [5.74, 6) is 2.04. The number of aromatic nitrogens is 2. The average Bonchev–Trinajstić information content (AvgIpc) is 2.82. The molecule has 5 heteroatoms. The number of hydrogen-bond donors (Lipinski definition) is 1. The molecule has 21 heavy (non-hydrogen) atoms. The van der Waals surface area contributed by atoms with Gasteiger partial charge in [0.2, 0.25) is 0 Å². The van der Waals surface area contributed by atoms with E-state index < -0.39 is 0 Å². The highest BCUT2D eigenvalue weighted by Gasteiger charge is 2.17. The van der Waals surface area contributed by atoms with E-state index in [0.717, 1.165) is 33.7 Å². The number of methoxy groups -OCH3 is 2. The zero-order chi connectivity index (χ0) is 15.0. The maximum atomic E-state index is 5.76. The number of nitrogens with zero attached hydrogens (tertiary/aromatic N) is 2. The van der Waals surface area contributed by atoms with Crippen LogP contribution in [0.1, 0.15) is 0 Å². The van der Waals surface area contributed by atoms with Gasteiger partial charge in [-0.25, -0.2) is 4.98 Å². The van der Waals surface area contributed by atoms with Gasteiger partial charge in [0, 0.05) is 12.4 Å². The van der Waals surface area contributed by atoms with Crippen LogP contribution in [0.5, 0.6) is 11.5 Å². The van der Waals surface area contributed by atoms with E-state index in [0.29, 0.717) is 5.82 Å². The van der Waals surface area contributed by atoms with Crippen LogP contribution in [-0.2, 0) is 7.05 Å². The summed E-state index contributed by atoms with van der Waals surface area (Å²) < 4.78 is 13.0. The second kappa shape index (κ2) is 5.01. The first-order valence-corrected chi connectivity index (χ1v) is 6.58. The molecule has 5 nitrogen and oxygen atoms in total. The standard InChI is InChI=1S/C16H17N3O2/c1-19-11(7-10-8-15(17)18-9-12(10)19)16-13(20-2)5-4-6-14(16)21-3/h4-9H,1-3H3,(H2,17,18). The number of hydrogen-bond acceptors (Lipinski definition) is 4. The summed E-state index contributed by atoms with van der Waals surface area (Å²) >= 11 is 0. The Bertz CT molecular complexity index is 786. The molecule has 2 aromatic heterocycles. The Labute approximate surface area is 122 Å². The van der Waals surface area contributed by atoms with E-state index in [1.165, 1.54) is 0 Å². The third kappa shape index (κ3) is 2.07. The van der Waals surface area contributed by atoms with Gasteiger partial charge in [-0.3, -0.25) is 0 Å². The number of ether oxygens (including phenoxy) is 2. The van der Waals surface area contributed by atoms with Crippen molar-refractivity contribution in [2.75, 3.05) is 20.0 Å². The number of nitrogen functional groups attached to an aromatic ring is 1. The molecule has 3 aromatic rings. The van der Waals surface area contributed by atoms with Crippen LogP contribution in [0.25, 0.3) is 22.2 Å². The molecule has 0 aliphatic heterocycles. The summed E-state index contributed by atoms with van der Waals surface area (Å²) in [4.78, 5) is 4.15. The van der Waals surface area contributed by atoms with Crippen molar-refractivity contribution < 1.29 is 9.47 Å². The predicted molar refractivity (Wildman–Crippen MR) is 83.7 cm³/mol. The van der Waals surface area contributed by atoms with Crippen LogP contribution in [0.3, 0.4) is 0 Å². The molecule has 0 radical (unpaired) electrons. The molecule has 0 bridgehead atoms. The SMILES string of the molecule is COc1cccc(OC)c1-c1cc2cc(N)ncc2n1C. The third-order valence-corrected chi connectivity index (χ3v) is 3.63. The molecule has 3 rings (SSSR count). The smallest absolute Gasteiger partial charge is 0.131 e.